The summed E-state index contributed by atoms with van der Waals surface area (Å²) in [6.07, 6.45) is 4.06. The molecule has 1 N–H and O–H groups in total. The highest BCUT2D eigenvalue weighted by Gasteiger charge is 2.34. The van der Waals surface area contributed by atoms with Crippen LogP contribution in [0.5, 0.6) is 0 Å². The van der Waals surface area contributed by atoms with Crippen molar-refractivity contribution in [2.24, 2.45) is 5.41 Å². The molecular weight excluding hydrogens is 208 g/mol. The standard InChI is InChI=1S/C15H32N2/c1-7-13-10-9-12(3)17(13)11-14(16-8-2)15(4,5)6/h12-14,16H,7-11H2,1-6H3. The van der Waals surface area contributed by atoms with Crippen LogP contribution >= 0.6 is 0 Å². The highest BCUT2D eigenvalue weighted by Crippen LogP contribution is 2.29. The van der Waals surface area contributed by atoms with E-state index in [1.165, 1.54) is 25.8 Å². The largest absolute Gasteiger partial charge is 0.312 e. The average Bonchev–Trinajstić information content (AvgIpc) is 2.58. The van der Waals surface area contributed by atoms with Crippen molar-refractivity contribution in [2.45, 2.75) is 78.9 Å². The molecule has 1 saturated heterocycles. The summed E-state index contributed by atoms with van der Waals surface area (Å²) in [4.78, 5) is 2.73. The van der Waals surface area contributed by atoms with Crippen molar-refractivity contribution in [1.29, 1.82) is 0 Å². The second-order valence-electron chi connectivity index (χ2n) is 6.66. The van der Waals surface area contributed by atoms with E-state index < -0.39 is 0 Å². The molecule has 1 aliphatic heterocycles. The van der Waals surface area contributed by atoms with Crippen molar-refractivity contribution in [3.63, 3.8) is 0 Å². The van der Waals surface area contributed by atoms with Crippen LogP contribution in [0.1, 0.15) is 60.8 Å². The van der Waals surface area contributed by atoms with E-state index in [0.717, 1.165) is 18.6 Å². The molecule has 0 amide bonds. The zero-order chi connectivity index (χ0) is 13.1. The number of nitrogens with zero attached hydrogens (tertiary/aromatic N) is 1. The van der Waals surface area contributed by atoms with Crippen LogP contribution in [0.3, 0.4) is 0 Å². The summed E-state index contributed by atoms with van der Waals surface area (Å²) >= 11 is 0. The number of rotatable bonds is 5. The summed E-state index contributed by atoms with van der Waals surface area (Å²) in [6.45, 7) is 16.3. The number of hydrogen-bond donors (Lipinski definition) is 1. The van der Waals surface area contributed by atoms with Crippen LogP contribution in [0.2, 0.25) is 0 Å². The molecular formula is C15H32N2. The Labute approximate surface area is 108 Å². The Morgan fingerprint density at radius 3 is 2.35 bits per heavy atom. The second kappa shape index (κ2) is 6.19. The van der Waals surface area contributed by atoms with Crippen LogP contribution in [0.25, 0.3) is 0 Å². The van der Waals surface area contributed by atoms with Crippen LogP contribution in [0, 0.1) is 5.41 Å². The van der Waals surface area contributed by atoms with Gasteiger partial charge in [-0.25, -0.2) is 0 Å². The van der Waals surface area contributed by atoms with Gasteiger partial charge < -0.3 is 5.32 Å². The first-order chi connectivity index (χ1) is 7.90. The Morgan fingerprint density at radius 2 is 1.88 bits per heavy atom. The molecule has 0 spiro atoms. The summed E-state index contributed by atoms with van der Waals surface area (Å²) in [5.74, 6) is 0. The fourth-order valence-electron chi connectivity index (χ4n) is 2.99. The Balaban J connectivity index is 2.65. The molecule has 0 saturated carbocycles. The first-order valence-electron chi connectivity index (χ1n) is 7.39. The summed E-state index contributed by atoms with van der Waals surface area (Å²) in [7, 11) is 0. The van der Waals surface area contributed by atoms with Crippen molar-refractivity contribution in [3.8, 4) is 0 Å². The van der Waals surface area contributed by atoms with Gasteiger partial charge in [-0.2, -0.15) is 0 Å². The molecule has 0 aromatic carbocycles. The maximum absolute atomic E-state index is 3.67. The summed E-state index contributed by atoms with van der Waals surface area (Å²) in [5.41, 5.74) is 0.344. The van der Waals surface area contributed by atoms with Gasteiger partial charge in [-0.3, -0.25) is 4.90 Å². The van der Waals surface area contributed by atoms with E-state index in [-0.39, 0.29) is 0 Å². The molecule has 17 heavy (non-hydrogen) atoms. The van der Waals surface area contributed by atoms with Crippen molar-refractivity contribution < 1.29 is 0 Å². The number of hydrogen-bond acceptors (Lipinski definition) is 2. The first kappa shape index (κ1) is 15.0. The van der Waals surface area contributed by atoms with Gasteiger partial charge in [0.1, 0.15) is 0 Å². The molecule has 0 bridgehead atoms. The lowest BCUT2D eigenvalue weighted by atomic mass is 9.86. The SMILES string of the molecule is CCNC(CN1C(C)CCC1CC)C(C)(C)C. The minimum absolute atomic E-state index is 0.344. The van der Waals surface area contributed by atoms with Gasteiger partial charge in [-0.1, -0.05) is 34.6 Å². The summed E-state index contributed by atoms with van der Waals surface area (Å²) in [5, 5.41) is 3.67. The van der Waals surface area contributed by atoms with Crippen molar-refractivity contribution in [2.75, 3.05) is 13.1 Å². The van der Waals surface area contributed by atoms with E-state index in [2.05, 4.69) is 51.8 Å². The van der Waals surface area contributed by atoms with Gasteiger partial charge in [0.25, 0.3) is 0 Å². The highest BCUT2D eigenvalue weighted by molar-refractivity contribution is 4.90. The topological polar surface area (TPSA) is 15.3 Å². The van der Waals surface area contributed by atoms with Gasteiger partial charge in [0.05, 0.1) is 0 Å². The quantitative estimate of drug-likeness (QED) is 0.793. The van der Waals surface area contributed by atoms with E-state index in [0.29, 0.717) is 11.5 Å². The van der Waals surface area contributed by atoms with Crippen molar-refractivity contribution in [3.05, 3.63) is 0 Å². The monoisotopic (exact) mass is 240 g/mol. The number of nitrogens with one attached hydrogen (secondary N) is 1. The molecule has 102 valence electrons. The van der Waals surface area contributed by atoms with E-state index in [1.54, 1.807) is 0 Å². The van der Waals surface area contributed by atoms with Gasteiger partial charge in [0, 0.05) is 24.7 Å². The lowest BCUT2D eigenvalue weighted by molar-refractivity contribution is 0.133. The van der Waals surface area contributed by atoms with E-state index in [1.807, 2.05) is 0 Å². The smallest absolute Gasteiger partial charge is 0.0243 e. The summed E-state index contributed by atoms with van der Waals surface area (Å²) < 4.78 is 0. The molecule has 3 atom stereocenters. The molecule has 2 heteroatoms. The van der Waals surface area contributed by atoms with E-state index >= 15 is 0 Å². The molecule has 1 fully saturated rings. The predicted octanol–water partition coefficient (Wildman–Crippen LogP) is 3.27. The van der Waals surface area contributed by atoms with Crippen molar-refractivity contribution in [1.82, 2.24) is 10.2 Å². The Hall–Kier alpha value is -0.0800. The minimum Gasteiger partial charge on any atom is -0.312 e. The molecule has 2 nitrogen and oxygen atoms in total. The molecule has 3 unspecified atom stereocenters. The second-order valence-corrected chi connectivity index (χ2v) is 6.66. The fraction of sp³-hybridized carbons (Fsp3) is 1.00. The van der Waals surface area contributed by atoms with Crippen LogP contribution < -0.4 is 5.32 Å². The molecule has 0 aliphatic carbocycles. The zero-order valence-corrected chi connectivity index (χ0v) is 12.7. The molecule has 1 heterocycles. The third-order valence-electron chi connectivity index (χ3n) is 4.31. The normalized spacial score (nSPS) is 28.6. The van der Waals surface area contributed by atoms with Gasteiger partial charge >= 0.3 is 0 Å². The molecule has 0 aromatic heterocycles. The van der Waals surface area contributed by atoms with Crippen molar-refractivity contribution >= 4 is 0 Å². The number of likely N-dealkylation sites (tertiary alicyclic amines) is 1. The lowest BCUT2D eigenvalue weighted by Crippen LogP contribution is -2.51. The van der Waals surface area contributed by atoms with Gasteiger partial charge in [-0.05, 0) is 38.1 Å². The molecule has 0 radical (unpaired) electrons. The van der Waals surface area contributed by atoms with Crippen LogP contribution in [-0.4, -0.2) is 36.1 Å². The maximum atomic E-state index is 3.67. The molecule has 1 rings (SSSR count). The predicted molar refractivity (Wildman–Crippen MR) is 76.4 cm³/mol. The van der Waals surface area contributed by atoms with E-state index in [9.17, 15) is 0 Å². The number of likely N-dealkylation sites (N-methyl/N-ethyl adjacent to an activating group) is 1. The van der Waals surface area contributed by atoms with Crippen LogP contribution in [0.15, 0.2) is 0 Å². The lowest BCUT2D eigenvalue weighted by Gasteiger charge is -2.38. The average molecular weight is 240 g/mol. The van der Waals surface area contributed by atoms with Gasteiger partial charge in [0.2, 0.25) is 0 Å². The fourth-order valence-corrected chi connectivity index (χ4v) is 2.99. The summed E-state index contributed by atoms with van der Waals surface area (Å²) in [6, 6.07) is 2.18. The Morgan fingerprint density at radius 1 is 1.24 bits per heavy atom. The van der Waals surface area contributed by atoms with Crippen LogP contribution in [-0.2, 0) is 0 Å². The Kier molecular flexibility index (Phi) is 5.46. The maximum Gasteiger partial charge on any atom is 0.0243 e. The van der Waals surface area contributed by atoms with E-state index in [4.69, 9.17) is 0 Å². The van der Waals surface area contributed by atoms with Gasteiger partial charge in [0.15, 0.2) is 0 Å². The molecule has 0 aromatic rings. The molecule has 1 aliphatic rings. The van der Waals surface area contributed by atoms with Crippen LogP contribution in [0.4, 0.5) is 0 Å². The Bertz CT molecular complexity index is 219. The highest BCUT2D eigenvalue weighted by atomic mass is 15.2. The third kappa shape index (κ3) is 3.96. The third-order valence-corrected chi connectivity index (χ3v) is 4.31. The zero-order valence-electron chi connectivity index (χ0n) is 12.7. The first-order valence-corrected chi connectivity index (χ1v) is 7.39. The van der Waals surface area contributed by atoms with Gasteiger partial charge in [-0.15, -0.1) is 0 Å². The minimum atomic E-state index is 0.344.